The van der Waals surface area contributed by atoms with E-state index in [9.17, 15) is 0 Å². The summed E-state index contributed by atoms with van der Waals surface area (Å²) in [5.41, 5.74) is 4.40. The van der Waals surface area contributed by atoms with Crippen molar-refractivity contribution in [1.29, 1.82) is 5.26 Å². The van der Waals surface area contributed by atoms with Gasteiger partial charge in [0.25, 0.3) is 0 Å². The molecule has 4 nitrogen and oxygen atoms in total. The Hall–Kier alpha value is -2.54. The van der Waals surface area contributed by atoms with Crippen LogP contribution in [0.15, 0.2) is 30.5 Å². The number of hydrogen-bond donors (Lipinski definition) is 1. The number of methoxy groups -OCH3 is 1. The monoisotopic (exact) mass is 267 g/mol. The van der Waals surface area contributed by atoms with Gasteiger partial charge in [0.2, 0.25) is 0 Å². The lowest BCUT2D eigenvalue weighted by Gasteiger charge is -2.13. The van der Waals surface area contributed by atoms with E-state index in [0.717, 1.165) is 28.3 Å². The van der Waals surface area contributed by atoms with Gasteiger partial charge < -0.3 is 10.1 Å². The van der Waals surface area contributed by atoms with E-state index < -0.39 is 0 Å². The van der Waals surface area contributed by atoms with Gasteiger partial charge in [-0.25, -0.2) is 0 Å². The molecule has 4 heteroatoms. The lowest BCUT2D eigenvalue weighted by molar-refractivity contribution is 0.407. The molecule has 0 aliphatic carbocycles. The number of anilines is 1. The van der Waals surface area contributed by atoms with Crippen molar-refractivity contribution in [3.63, 3.8) is 0 Å². The average Bonchev–Trinajstić information content (AvgIpc) is 2.47. The van der Waals surface area contributed by atoms with E-state index in [0.29, 0.717) is 12.1 Å². The van der Waals surface area contributed by atoms with Crippen LogP contribution in [0.1, 0.15) is 22.4 Å². The average molecular weight is 267 g/mol. The van der Waals surface area contributed by atoms with E-state index in [1.165, 1.54) is 0 Å². The first-order chi connectivity index (χ1) is 9.67. The SMILES string of the molecule is COc1c(C)cnc(CNc2ccccc2C#N)c1C. The molecule has 0 radical (unpaired) electrons. The highest BCUT2D eigenvalue weighted by Crippen LogP contribution is 2.24. The van der Waals surface area contributed by atoms with Crippen molar-refractivity contribution in [2.24, 2.45) is 0 Å². The molecule has 1 heterocycles. The van der Waals surface area contributed by atoms with Gasteiger partial charge in [-0.15, -0.1) is 0 Å². The van der Waals surface area contributed by atoms with Gasteiger partial charge in [-0.1, -0.05) is 12.1 Å². The summed E-state index contributed by atoms with van der Waals surface area (Å²) in [4.78, 5) is 4.43. The fraction of sp³-hybridized carbons (Fsp3) is 0.250. The van der Waals surface area contributed by atoms with E-state index in [1.54, 1.807) is 19.4 Å². The highest BCUT2D eigenvalue weighted by molar-refractivity contribution is 5.57. The normalized spacial score (nSPS) is 9.90. The van der Waals surface area contributed by atoms with Gasteiger partial charge >= 0.3 is 0 Å². The van der Waals surface area contributed by atoms with Crippen LogP contribution in [-0.4, -0.2) is 12.1 Å². The van der Waals surface area contributed by atoms with Crippen LogP contribution in [0, 0.1) is 25.2 Å². The number of aryl methyl sites for hydroxylation is 1. The van der Waals surface area contributed by atoms with Crippen molar-refractivity contribution in [2.75, 3.05) is 12.4 Å². The number of para-hydroxylation sites is 1. The zero-order valence-electron chi connectivity index (χ0n) is 11.9. The Morgan fingerprint density at radius 3 is 2.75 bits per heavy atom. The van der Waals surface area contributed by atoms with E-state index >= 15 is 0 Å². The second-order valence-corrected chi connectivity index (χ2v) is 4.56. The quantitative estimate of drug-likeness (QED) is 0.924. The van der Waals surface area contributed by atoms with Crippen molar-refractivity contribution in [2.45, 2.75) is 20.4 Å². The summed E-state index contributed by atoms with van der Waals surface area (Å²) in [6.45, 7) is 4.52. The van der Waals surface area contributed by atoms with Crippen LogP contribution in [0.4, 0.5) is 5.69 Å². The van der Waals surface area contributed by atoms with Crippen molar-refractivity contribution < 1.29 is 4.74 Å². The molecule has 1 aromatic heterocycles. The highest BCUT2D eigenvalue weighted by atomic mass is 16.5. The van der Waals surface area contributed by atoms with Gasteiger partial charge in [0, 0.05) is 17.3 Å². The van der Waals surface area contributed by atoms with Crippen LogP contribution in [0.5, 0.6) is 5.75 Å². The summed E-state index contributed by atoms with van der Waals surface area (Å²) in [6, 6.07) is 9.60. The molecular weight excluding hydrogens is 250 g/mol. The van der Waals surface area contributed by atoms with Gasteiger partial charge in [0.1, 0.15) is 11.8 Å². The lowest BCUT2D eigenvalue weighted by atomic mass is 10.1. The Morgan fingerprint density at radius 2 is 2.05 bits per heavy atom. The molecule has 20 heavy (non-hydrogen) atoms. The van der Waals surface area contributed by atoms with Crippen molar-refractivity contribution in [3.05, 3.63) is 52.8 Å². The topological polar surface area (TPSA) is 57.9 Å². The third-order valence-electron chi connectivity index (χ3n) is 3.24. The minimum atomic E-state index is 0.557. The minimum absolute atomic E-state index is 0.557. The second-order valence-electron chi connectivity index (χ2n) is 4.56. The summed E-state index contributed by atoms with van der Waals surface area (Å²) < 4.78 is 5.39. The number of rotatable bonds is 4. The molecule has 0 aliphatic rings. The molecule has 0 bridgehead atoms. The Morgan fingerprint density at radius 1 is 1.30 bits per heavy atom. The molecule has 102 valence electrons. The molecule has 1 N–H and O–H groups in total. The minimum Gasteiger partial charge on any atom is -0.496 e. The first-order valence-corrected chi connectivity index (χ1v) is 6.39. The third kappa shape index (κ3) is 2.72. The summed E-state index contributed by atoms with van der Waals surface area (Å²) in [6.07, 6.45) is 1.80. The van der Waals surface area contributed by atoms with E-state index in [1.807, 2.05) is 32.0 Å². The van der Waals surface area contributed by atoms with Crippen LogP contribution < -0.4 is 10.1 Å². The van der Waals surface area contributed by atoms with Crippen molar-refractivity contribution in [3.8, 4) is 11.8 Å². The van der Waals surface area contributed by atoms with Crippen molar-refractivity contribution in [1.82, 2.24) is 4.98 Å². The summed E-state index contributed by atoms with van der Waals surface area (Å²) >= 11 is 0. The number of nitriles is 1. The van der Waals surface area contributed by atoms with Crippen LogP contribution in [0.3, 0.4) is 0 Å². The van der Waals surface area contributed by atoms with Gasteiger partial charge in [-0.2, -0.15) is 5.26 Å². The fourth-order valence-electron chi connectivity index (χ4n) is 2.16. The Balaban J connectivity index is 2.22. The van der Waals surface area contributed by atoms with E-state index in [2.05, 4.69) is 16.4 Å². The first kappa shape index (κ1) is 13.9. The van der Waals surface area contributed by atoms with Gasteiger partial charge in [-0.3, -0.25) is 4.98 Å². The zero-order chi connectivity index (χ0) is 14.5. The molecule has 0 fully saturated rings. The van der Waals surface area contributed by atoms with E-state index in [-0.39, 0.29) is 0 Å². The standard InChI is InChI=1S/C16H17N3O/c1-11-9-18-15(12(2)16(11)20-3)10-19-14-7-5-4-6-13(14)8-17/h4-7,9,19H,10H2,1-3H3. The van der Waals surface area contributed by atoms with Crippen LogP contribution in [0.2, 0.25) is 0 Å². The number of benzene rings is 1. The maximum Gasteiger partial charge on any atom is 0.128 e. The van der Waals surface area contributed by atoms with E-state index in [4.69, 9.17) is 10.00 Å². The number of ether oxygens (including phenoxy) is 1. The predicted molar refractivity (Wildman–Crippen MR) is 78.7 cm³/mol. The third-order valence-corrected chi connectivity index (χ3v) is 3.24. The molecular formula is C16H17N3O. The highest BCUT2D eigenvalue weighted by Gasteiger charge is 2.09. The number of pyridine rings is 1. The van der Waals surface area contributed by atoms with Crippen LogP contribution in [-0.2, 0) is 6.54 Å². The molecule has 2 aromatic rings. The molecule has 1 aromatic carbocycles. The molecule has 0 saturated carbocycles. The van der Waals surface area contributed by atoms with Crippen LogP contribution >= 0.6 is 0 Å². The van der Waals surface area contributed by atoms with Crippen molar-refractivity contribution >= 4 is 5.69 Å². The molecule has 0 saturated heterocycles. The summed E-state index contributed by atoms with van der Waals surface area (Å²) in [7, 11) is 1.66. The molecule has 0 amide bonds. The smallest absolute Gasteiger partial charge is 0.128 e. The number of hydrogen-bond acceptors (Lipinski definition) is 4. The summed E-state index contributed by atoms with van der Waals surface area (Å²) in [5, 5.41) is 12.3. The maximum atomic E-state index is 9.06. The predicted octanol–water partition coefficient (Wildman–Crippen LogP) is 3.19. The molecule has 0 unspecified atom stereocenters. The lowest BCUT2D eigenvalue weighted by Crippen LogP contribution is -2.07. The first-order valence-electron chi connectivity index (χ1n) is 6.39. The largest absolute Gasteiger partial charge is 0.496 e. The molecule has 0 aliphatic heterocycles. The fourth-order valence-corrected chi connectivity index (χ4v) is 2.16. The Bertz CT molecular complexity index is 659. The number of nitrogens with zero attached hydrogens (tertiary/aromatic N) is 2. The van der Waals surface area contributed by atoms with Crippen LogP contribution in [0.25, 0.3) is 0 Å². The zero-order valence-corrected chi connectivity index (χ0v) is 11.9. The second kappa shape index (κ2) is 6.07. The Kier molecular flexibility index (Phi) is 4.21. The molecule has 0 atom stereocenters. The molecule has 2 rings (SSSR count). The Labute approximate surface area is 119 Å². The van der Waals surface area contributed by atoms with Gasteiger partial charge in [0.15, 0.2) is 0 Å². The number of nitrogens with one attached hydrogen (secondary N) is 1. The maximum absolute atomic E-state index is 9.06. The van der Waals surface area contributed by atoms with Gasteiger partial charge in [-0.05, 0) is 26.0 Å². The number of aromatic nitrogens is 1. The molecule has 0 spiro atoms. The summed E-state index contributed by atoms with van der Waals surface area (Å²) in [5.74, 6) is 0.866. The van der Waals surface area contributed by atoms with Gasteiger partial charge in [0.05, 0.1) is 30.6 Å².